The number of fused-ring (bicyclic) bond motifs is 1. The molecule has 0 bridgehead atoms. The number of ether oxygens (including phenoxy) is 1. The van der Waals surface area contributed by atoms with E-state index in [0.29, 0.717) is 23.4 Å². The molecule has 0 unspecified atom stereocenters. The van der Waals surface area contributed by atoms with E-state index in [0.717, 1.165) is 0 Å². The topological polar surface area (TPSA) is 112 Å². The molecular weight excluding hydrogens is 344 g/mol. The first-order valence-corrected chi connectivity index (χ1v) is 8.96. The van der Waals surface area contributed by atoms with E-state index >= 15 is 0 Å². The Hall–Kier alpha value is -2.84. The molecule has 1 aromatic heterocycles. The van der Waals surface area contributed by atoms with Crippen LogP contribution in [0.15, 0.2) is 67.5 Å². The fraction of sp³-hybridized carbons (Fsp3) is 0.118. The Balaban J connectivity index is 2.15. The fourth-order valence-electron chi connectivity index (χ4n) is 2.39. The molecule has 130 valence electrons. The van der Waals surface area contributed by atoms with Gasteiger partial charge >= 0.3 is 5.63 Å². The van der Waals surface area contributed by atoms with Gasteiger partial charge in [0.05, 0.1) is 17.2 Å². The zero-order valence-corrected chi connectivity index (χ0v) is 14.2. The van der Waals surface area contributed by atoms with Crippen LogP contribution in [0.4, 0.5) is 5.69 Å². The van der Waals surface area contributed by atoms with Crippen molar-refractivity contribution in [2.24, 2.45) is 5.84 Å². The van der Waals surface area contributed by atoms with Gasteiger partial charge in [0.15, 0.2) is 4.90 Å². The molecule has 1 heterocycles. The van der Waals surface area contributed by atoms with Crippen molar-refractivity contribution in [2.75, 3.05) is 12.0 Å². The molecule has 8 heteroatoms. The van der Waals surface area contributed by atoms with Gasteiger partial charge in [0.25, 0.3) is 0 Å². The van der Waals surface area contributed by atoms with Gasteiger partial charge in [-0.25, -0.2) is 13.2 Å². The number of benzene rings is 2. The Morgan fingerprint density at radius 3 is 2.68 bits per heavy atom. The van der Waals surface area contributed by atoms with E-state index in [2.05, 4.69) is 5.43 Å². The predicted octanol–water partition coefficient (Wildman–Crippen LogP) is 2.31. The predicted molar refractivity (Wildman–Crippen MR) is 93.4 cm³/mol. The second-order valence-corrected chi connectivity index (χ2v) is 7.12. The van der Waals surface area contributed by atoms with Gasteiger partial charge in [0, 0.05) is 11.5 Å². The highest BCUT2D eigenvalue weighted by atomic mass is 32.2. The average molecular weight is 360 g/mol. The van der Waals surface area contributed by atoms with Gasteiger partial charge in [-0.3, -0.25) is 5.84 Å². The number of rotatable bonds is 5. The summed E-state index contributed by atoms with van der Waals surface area (Å²) < 4.78 is 36.1. The summed E-state index contributed by atoms with van der Waals surface area (Å²) in [7, 11) is -4.04. The van der Waals surface area contributed by atoms with E-state index in [4.69, 9.17) is 15.0 Å². The Kier molecular flexibility index (Phi) is 4.47. The van der Waals surface area contributed by atoms with Crippen LogP contribution in [0, 0.1) is 0 Å². The second kappa shape index (κ2) is 6.58. The molecule has 0 radical (unpaired) electrons. The summed E-state index contributed by atoms with van der Waals surface area (Å²) in [5.74, 6) is 5.72. The number of hydrazine groups is 1. The monoisotopic (exact) mass is 360 g/mol. The Labute approximate surface area is 143 Å². The minimum atomic E-state index is -4.04. The van der Waals surface area contributed by atoms with Gasteiger partial charge in [0.1, 0.15) is 11.3 Å². The lowest BCUT2D eigenvalue weighted by Gasteiger charge is -2.08. The number of sulfone groups is 1. The van der Waals surface area contributed by atoms with Crippen LogP contribution in [0.25, 0.3) is 11.0 Å². The molecule has 0 atom stereocenters. The molecule has 0 fully saturated rings. The van der Waals surface area contributed by atoms with E-state index in [9.17, 15) is 13.2 Å². The molecular formula is C17H16N2O5S. The van der Waals surface area contributed by atoms with Crippen LogP contribution in [0.2, 0.25) is 0 Å². The second-order valence-electron chi connectivity index (χ2n) is 5.21. The SMILES string of the molecule is CCOc1cccc(S(=O)(=O)c2cc3ccc(NN)cc3oc2=O)c1. The first-order valence-electron chi connectivity index (χ1n) is 7.48. The van der Waals surface area contributed by atoms with Gasteiger partial charge in [-0.2, -0.15) is 0 Å². The number of anilines is 1. The summed E-state index contributed by atoms with van der Waals surface area (Å²) >= 11 is 0. The van der Waals surface area contributed by atoms with E-state index in [-0.39, 0.29) is 10.5 Å². The number of hydrogen-bond donors (Lipinski definition) is 2. The quantitative estimate of drug-likeness (QED) is 0.408. The highest BCUT2D eigenvalue weighted by molar-refractivity contribution is 7.91. The van der Waals surface area contributed by atoms with Gasteiger partial charge in [-0.05, 0) is 43.3 Å². The van der Waals surface area contributed by atoms with E-state index < -0.39 is 20.4 Å². The van der Waals surface area contributed by atoms with Crippen molar-refractivity contribution < 1.29 is 17.6 Å². The third-order valence-corrected chi connectivity index (χ3v) is 5.33. The summed E-state index contributed by atoms with van der Waals surface area (Å²) in [4.78, 5) is 11.8. The van der Waals surface area contributed by atoms with Gasteiger partial charge < -0.3 is 14.6 Å². The summed E-state index contributed by atoms with van der Waals surface area (Å²) in [6.45, 7) is 2.20. The first kappa shape index (κ1) is 17.0. The van der Waals surface area contributed by atoms with E-state index in [1.807, 2.05) is 0 Å². The highest BCUT2D eigenvalue weighted by Crippen LogP contribution is 2.25. The maximum atomic E-state index is 12.8. The molecule has 0 amide bonds. The molecule has 0 spiro atoms. The van der Waals surface area contributed by atoms with Crippen molar-refractivity contribution in [3.63, 3.8) is 0 Å². The number of nitrogens with two attached hydrogens (primary N) is 1. The molecule has 0 saturated carbocycles. The number of nitrogens with one attached hydrogen (secondary N) is 1. The van der Waals surface area contributed by atoms with Crippen LogP contribution in [0.1, 0.15) is 6.92 Å². The molecule has 0 aliphatic carbocycles. The largest absolute Gasteiger partial charge is 0.494 e. The molecule has 7 nitrogen and oxygen atoms in total. The standard InChI is InChI=1S/C17H16N2O5S/c1-2-23-13-4-3-5-14(10-13)25(21,22)16-8-11-6-7-12(19-18)9-15(11)24-17(16)20/h3-10,19H,2,18H2,1H3. The molecule has 3 N–H and O–H groups in total. The van der Waals surface area contributed by atoms with Gasteiger partial charge in [0.2, 0.25) is 9.84 Å². The summed E-state index contributed by atoms with van der Waals surface area (Å²) in [5, 5.41) is 0.470. The third kappa shape index (κ3) is 3.21. The minimum Gasteiger partial charge on any atom is -0.494 e. The van der Waals surface area contributed by atoms with Crippen LogP contribution in [-0.2, 0) is 9.84 Å². The molecule has 0 aliphatic rings. The minimum absolute atomic E-state index is 0.0367. The van der Waals surface area contributed by atoms with Crippen molar-refractivity contribution in [1.82, 2.24) is 0 Å². The van der Waals surface area contributed by atoms with Crippen molar-refractivity contribution in [1.29, 1.82) is 0 Å². The Morgan fingerprint density at radius 1 is 1.16 bits per heavy atom. The number of hydrogen-bond acceptors (Lipinski definition) is 7. The molecule has 2 aromatic carbocycles. The summed E-state index contributed by atoms with van der Waals surface area (Å²) in [6, 6.07) is 12.1. The lowest BCUT2D eigenvalue weighted by molar-refractivity contribution is 0.339. The van der Waals surface area contributed by atoms with E-state index in [1.165, 1.54) is 24.3 Å². The normalized spacial score (nSPS) is 11.4. The molecule has 3 aromatic rings. The molecule has 3 rings (SSSR count). The lowest BCUT2D eigenvalue weighted by atomic mass is 10.2. The van der Waals surface area contributed by atoms with Crippen LogP contribution < -0.4 is 21.6 Å². The van der Waals surface area contributed by atoms with Crippen molar-refractivity contribution in [3.05, 3.63) is 59.0 Å². The Morgan fingerprint density at radius 2 is 1.96 bits per heavy atom. The Bertz CT molecular complexity index is 1090. The van der Waals surface area contributed by atoms with Crippen molar-refractivity contribution in [3.8, 4) is 5.75 Å². The van der Waals surface area contributed by atoms with Crippen molar-refractivity contribution in [2.45, 2.75) is 16.7 Å². The zero-order valence-electron chi connectivity index (χ0n) is 13.4. The smallest absolute Gasteiger partial charge is 0.355 e. The van der Waals surface area contributed by atoms with Crippen molar-refractivity contribution >= 4 is 26.5 Å². The van der Waals surface area contributed by atoms with Crippen LogP contribution in [0.5, 0.6) is 5.75 Å². The maximum Gasteiger partial charge on any atom is 0.355 e. The fourth-order valence-corrected chi connectivity index (χ4v) is 3.72. The zero-order chi connectivity index (χ0) is 18.0. The number of nitrogen functional groups attached to an aromatic ring is 1. The van der Waals surface area contributed by atoms with Crippen LogP contribution in [-0.4, -0.2) is 15.0 Å². The molecule has 0 saturated heterocycles. The summed E-state index contributed by atoms with van der Waals surface area (Å²) in [5.41, 5.74) is 2.27. The average Bonchev–Trinajstić information content (AvgIpc) is 2.61. The summed E-state index contributed by atoms with van der Waals surface area (Å²) in [6.07, 6.45) is 0. The first-order chi connectivity index (χ1) is 12.0. The molecule has 0 aliphatic heterocycles. The van der Waals surface area contributed by atoms with Crippen LogP contribution >= 0.6 is 0 Å². The third-order valence-electron chi connectivity index (χ3n) is 3.59. The van der Waals surface area contributed by atoms with Gasteiger partial charge in [-0.1, -0.05) is 6.07 Å². The highest BCUT2D eigenvalue weighted by Gasteiger charge is 2.24. The lowest BCUT2D eigenvalue weighted by Crippen LogP contribution is -2.14. The van der Waals surface area contributed by atoms with Gasteiger partial charge in [-0.15, -0.1) is 0 Å². The maximum absolute atomic E-state index is 12.8. The van der Waals surface area contributed by atoms with E-state index in [1.54, 1.807) is 31.2 Å². The van der Waals surface area contributed by atoms with Crippen LogP contribution in [0.3, 0.4) is 0 Å². The molecule has 25 heavy (non-hydrogen) atoms.